The molecule has 0 unspecified atom stereocenters. The van der Waals surface area contributed by atoms with Crippen LogP contribution in [0.15, 0.2) is 23.1 Å². The molecule has 0 atom stereocenters. The minimum absolute atomic E-state index is 0.158. The van der Waals surface area contributed by atoms with Crippen LogP contribution in [0.2, 0.25) is 0 Å². The number of hydrogen-bond acceptors (Lipinski definition) is 7. The molecule has 1 aromatic rings. The summed E-state index contributed by atoms with van der Waals surface area (Å²) in [5.74, 6) is 0.837. The second-order valence-corrected chi connectivity index (χ2v) is 8.62. The van der Waals surface area contributed by atoms with E-state index in [-0.39, 0.29) is 4.90 Å². The summed E-state index contributed by atoms with van der Waals surface area (Å²) in [4.78, 5) is 4.88. The van der Waals surface area contributed by atoms with Crippen molar-refractivity contribution in [1.29, 1.82) is 0 Å². The van der Waals surface area contributed by atoms with E-state index in [1.807, 2.05) is 0 Å². The second-order valence-electron chi connectivity index (χ2n) is 6.72. The van der Waals surface area contributed by atoms with Crippen LogP contribution in [0.25, 0.3) is 0 Å². The maximum atomic E-state index is 13.1. The van der Waals surface area contributed by atoms with Crippen molar-refractivity contribution in [3.05, 3.63) is 18.2 Å². The third-order valence-electron chi connectivity index (χ3n) is 5.16. The molecule has 27 heavy (non-hydrogen) atoms. The first-order chi connectivity index (χ1) is 13.0. The van der Waals surface area contributed by atoms with E-state index in [0.29, 0.717) is 24.6 Å². The predicted molar refractivity (Wildman–Crippen MR) is 102 cm³/mol. The molecule has 0 aliphatic carbocycles. The van der Waals surface area contributed by atoms with E-state index in [1.54, 1.807) is 12.1 Å². The zero-order valence-electron chi connectivity index (χ0n) is 16.1. The minimum Gasteiger partial charge on any atom is -0.497 e. The van der Waals surface area contributed by atoms with Crippen molar-refractivity contribution >= 4 is 10.0 Å². The van der Waals surface area contributed by atoms with E-state index >= 15 is 0 Å². The average molecular weight is 400 g/mol. The Morgan fingerprint density at radius 3 is 2.15 bits per heavy atom. The van der Waals surface area contributed by atoms with Crippen molar-refractivity contribution < 1.29 is 22.6 Å². The fourth-order valence-electron chi connectivity index (χ4n) is 3.43. The summed E-state index contributed by atoms with van der Waals surface area (Å²) >= 11 is 0. The number of piperazine rings is 1. The van der Waals surface area contributed by atoms with E-state index in [1.165, 1.54) is 24.6 Å². The first kappa shape index (κ1) is 20.3. The lowest BCUT2D eigenvalue weighted by molar-refractivity contribution is 0.0317. The van der Waals surface area contributed by atoms with Gasteiger partial charge in [0.15, 0.2) is 0 Å². The summed E-state index contributed by atoms with van der Waals surface area (Å²) in [6, 6.07) is 4.85. The highest BCUT2D eigenvalue weighted by atomic mass is 32.2. The van der Waals surface area contributed by atoms with E-state index in [2.05, 4.69) is 9.80 Å². The molecule has 0 N–H and O–H groups in total. The van der Waals surface area contributed by atoms with Crippen LogP contribution in [-0.2, 0) is 14.8 Å². The first-order valence-electron chi connectivity index (χ1n) is 9.29. The van der Waals surface area contributed by atoms with Gasteiger partial charge >= 0.3 is 0 Å². The molecular weight excluding hydrogens is 370 g/mol. The Balaban J connectivity index is 1.59. The average Bonchev–Trinajstić information content (AvgIpc) is 2.72. The fourth-order valence-corrected chi connectivity index (χ4v) is 5.02. The lowest BCUT2D eigenvalue weighted by Gasteiger charge is -2.36. The molecule has 2 heterocycles. The van der Waals surface area contributed by atoms with Gasteiger partial charge in [-0.25, -0.2) is 8.42 Å². The van der Waals surface area contributed by atoms with E-state index in [0.717, 1.165) is 52.5 Å². The van der Waals surface area contributed by atoms with Crippen LogP contribution in [-0.4, -0.2) is 102 Å². The lowest BCUT2D eigenvalue weighted by Crippen LogP contribution is -2.50. The molecule has 0 amide bonds. The number of ether oxygens (including phenoxy) is 3. The van der Waals surface area contributed by atoms with Crippen LogP contribution in [0, 0.1) is 0 Å². The van der Waals surface area contributed by atoms with Gasteiger partial charge in [0.05, 0.1) is 27.4 Å². The number of methoxy groups -OCH3 is 2. The van der Waals surface area contributed by atoms with E-state index < -0.39 is 10.0 Å². The third-order valence-corrected chi connectivity index (χ3v) is 7.08. The smallest absolute Gasteiger partial charge is 0.246 e. The molecule has 3 rings (SSSR count). The van der Waals surface area contributed by atoms with Crippen molar-refractivity contribution in [1.82, 2.24) is 14.1 Å². The zero-order chi connectivity index (χ0) is 19.3. The Morgan fingerprint density at radius 2 is 1.56 bits per heavy atom. The summed E-state index contributed by atoms with van der Waals surface area (Å²) in [5.41, 5.74) is 0. The van der Waals surface area contributed by atoms with Crippen molar-refractivity contribution in [2.45, 2.75) is 4.90 Å². The molecule has 8 nitrogen and oxygen atoms in total. The summed E-state index contributed by atoms with van der Waals surface area (Å²) in [6.07, 6.45) is 0. The number of morpholine rings is 1. The molecule has 2 aliphatic rings. The number of sulfonamides is 1. The molecule has 9 heteroatoms. The van der Waals surface area contributed by atoms with Gasteiger partial charge in [0, 0.05) is 58.4 Å². The Kier molecular flexibility index (Phi) is 6.93. The fraction of sp³-hybridized carbons (Fsp3) is 0.667. The van der Waals surface area contributed by atoms with Gasteiger partial charge in [-0.2, -0.15) is 4.31 Å². The maximum absolute atomic E-state index is 13.1. The standard InChI is InChI=1S/C18H29N3O5S/c1-24-16-3-4-17(25-2)18(15-16)27(22,23)21-9-7-19(8-10-21)5-6-20-11-13-26-14-12-20/h3-4,15H,5-14H2,1-2H3. The van der Waals surface area contributed by atoms with Crippen molar-refractivity contribution in [3.8, 4) is 11.5 Å². The Morgan fingerprint density at radius 1 is 0.926 bits per heavy atom. The quantitative estimate of drug-likeness (QED) is 0.655. The molecule has 2 aliphatic heterocycles. The largest absolute Gasteiger partial charge is 0.497 e. The summed E-state index contributed by atoms with van der Waals surface area (Å²) in [6.45, 7) is 7.93. The number of benzene rings is 1. The van der Waals surface area contributed by atoms with Crippen LogP contribution in [0.5, 0.6) is 11.5 Å². The maximum Gasteiger partial charge on any atom is 0.246 e. The van der Waals surface area contributed by atoms with E-state index in [9.17, 15) is 8.42 Å². The molecule has 0 spiro atoms. The minimum atomic E-state index is -3.62. The van der Waals surface area contributed by atoms with Gasteiger partial charge in [-0.3, -0.25) is 9.80 Å². The monoisotopic (exact) mass is 399 g/mol. The van der Waals surface area contributed by atoms with Gasteiger partial charge in [0.1, 0.15) is 16.4 Å². The number of nitrogens with zero attached hydrogens (tertiary/aromatic N) is 3. The molecular formula is C18H29N3O5S. The predicted octanol–water partition coefficient (Wildman–Crippen LogP) is 0.342. The van der Waals surface area contributed by atoms with Gasteiger partial charge < -0.3 is 14.2 Å². The zero-order valence-corrected chi connectivity index (χ0v) is 16.9. The van der Waals surface area contributed by atoms with E-state index in [4.69, 9.17) is 14.2 Å². The lowest BCUT2D eigenvalue weighted by atomic mass is 10.3. The summed E-state index contributed by atoms with van der Waals surface area (Å²) in [5, 5.41) is 0. The Bertz CT molecular complexity index is 714. The molecule has 0 bridgehead atoms. The molecule has 0 aromatic heterocycles. The van der Waals surface area contributed by atoms with Gasteiger partial charge in [-0.05, 0) is 12.1 Å². The van der Waals surface area contributed by atoms with Crippen LogP contribution in [0.1, 0.15) is 0 Å². The van der Waals surface area contributed by atoms with Crippen molar-refractivity contribution in [3.63, 3.8) is 0 Å². The van der Waals surface area contributed by atoms with Crippen LogP contribution in [0.4, 0.5) is 0 Å². The highest BCUT2D eigenvalue weighted by molar-refractivity contribution is 7.89. The Labute approximate surface area is 161 Å². The second kappa shape index (κ2) is 9.20. The van der Waals surface area contributed by atoms with Gasteiger partial charge in [0.2, 0.25) is 10.0 Å². The van der Waals surface area contributed by atoms with Crippen LogP contribution < -0.4 is 9.47 Å². The highest BCUT2D eigenvalue weighted by Crippen LogP contribution is 2.31. The highest BCUT2D eigenvalue weighted by Gasteiger charge is 2.31. The normalized spacial score (nSPS) is 20.5. The molecule has 2 fully saturated rings. The third kappa shape index (κ3) is 4.91. The van der Waals surface area contributed by atoms with Gasteiger partial charge in [0.25, 0.3) is 0 Å². The van der Waals surface area contributed by atoms with Gasteiger partial charge in [-0.15, -0.1) is 0 Å². The van der Waals surface area contributed by atoms with Gasteiger partial charge in [-0.1, -0.05) is 0 Å². The van der Waals surface area contributed by atoms with Crippen LogP contribution >= 0.6 is 0 Å². The molecule has 2 saturated heterocycles. The van der Waals surface area contributed by atoms with Crippen LogP contribution in [0.3, 0.4) is 0 Å². The molecule has 0 radical (unpaired) electrons. The topological polar surface area (TPSA) is 71.6 Å². The number of hydrogen-bond donors (Lipinski definition) is 0. The molecule has 1 aromatic carbocycles. The molecule has 152 valence electrons. The molecule has 0 saturated carbocycles. The Hall–Kier alpha value is -1.39. The number of rotatable bonds is 7. The first-order valence-corrected chi connectivity index (χ1v) is 10.7. The SMILES string of the molecule is COc1ccc(OC)c(S(=O)(=O)N2CCN(CCN3CCOCC3)CC2)c1. The summed E-state index contributed by atoms with van der Waals surface area (Å²) in [7, 11) is -0.626. The summed E-state index contributed by atoms with van der Waals surface area (Å²) < 4.78 is 43.5. The van der Waals surface area contributed by atoms with Crippen molar-refractivity contribution in [2.75, 3.05) is 79.8 Å². The van der Waals surface area contributed by atoms with Crippen molar-refractivity contribution in [2.24, 2.45) is 0 Å².